The number of hydrogen-bond acceptors (Lipinski definition) is 2. The van der Waals surface area contributed by atoms with Crippen LogP contribution in [0.2, 0.25) is 36.3 Å². The van der Waals surface area contributed by atoms with Gasteiger partial charge in [0, 0.05) is 12.2 Å². The van der Waals surface area contributed by atoms with Gasteiger partial charge in [0.1, 0.15) is 0 Å². The average molecular weight is 531 g/mol. The van der Waals surface area contributed by atoms with Crippen molar-refractivity contribution in [3.8, 4) is 0 Å². The lowest BCUT2D eigenvalue weighted by atomic mass is 9.74. The first-order chi connectivity index (χ1) is 16.6. The molecular weight excluding hydrogens is 473 g/mol. The van der Waals surface area contributed by atoms with Crippen LogP contribution in [-0.2, 0) is 8.85 Å². The van der Waals surface area contributed by atoms with Crippen LogP contribution in [-0.4, -0.2) is 28.8 Å². The monoisotopic (exact) mass is 530 g/mol. The van der Waals surface area contributed by atoms with Crippen molar-refractivity contribution in [3.05, 3.63) is 23.3 Å². The summed E-state index contributed by atoms with van der Waals surface area (Å²) in [6.45, 7) is 23.9. The molecule has 0 aromatic carbocycles. The van der Waals surface area contributed by atoms with E-state index in [1.165, 1.54) is 64.2 Å². The molecule has 0 N–H and O–H groups in total. The van der Waals surface area contributed by atoms with Crippen LogP contribution in [0, 0.1) is 23.7 Å². The molecule has 0 bridgehead atoms. The first-order valence-electron chi connectivity index (χ1n) is 15.3. The van der Waals surface area contributed by atoms with Crippen LogP contribution < -0.4 is 0 Å². The minimum Gasteiger partial charge on any atom is -0.414 e. The third kappa shape index (κ3) is 6.18. The predicted octanol–water partition coefficient (Wildman–Crippen LogP) is 10.0. The summed E-state index contributed by atoms with van der Waals surface area (Å²) in [5.41, 5.74) is 3.59. The van der Waals surface area contributed by atoms with E-state index in [0.29, 0.717) is 22.3 Å². The number of allylic oxidation sites excluding steroid dienone is 4. The molecule has 36 heavy (non-hydrogen) atoms. The van der Waals surface area contributed by atoms with Crippen LogP contribution in [0.1, 0.15) is 106 Å². The molecule has 4 aliphatic carbocycles. The maximum absolute atomic E-state index is 6.84. The van der Waals surface area contributed by atoms with Crippen molar-refractivity contribution in [2.45, 2.75) is 154 Å². The van der Waals surface area contributed by atoms with Crippen molar-refractivity contribution in [2.24, 2.45) is 23.7 Å². The van der Waals surface area contributed by atoms with Gasteiger partial charge in [-0.25, -0.2) is 0 Å². The second kappa shape index (κ2) is 10.4. The molecule has 2 saturated carbocycles. The molecule has 2 nitrogen and oxygen atoms in total. The zero-order valence-corrected chi connectivity index (χ0v) is 27.5. The van der Waals surface area contributed by atoms with E-state index in [-0.39, 0.29) is 0 Å². The third-order valence-electron chi connectivity index (χ3n) is 11.4. The molecule has 0 saturated heterocycles. The SMILES string of the molecule is CC(C)(C)[Si](C)(C)OC1CCC2C(CCC3=CCC4CC(O[Si](C)(C)C(C)(C)C)CCC34)=CCC2C1. The van der Waals surface area contributed by atoms with Crippen LogP contribution in [0.5, 0.6) is 0 Å². The van der Waals surface area contributed by atoms with Gasteiger partial charge in [-0.2, -0.15) is 0 Å². The van der Waals surface area contributed by atoms with Crippen molar-refractivity contribution < 1.29 is 8.85 Å². The second-order valence-electron chi connectivity index (χ2n) is 15.9. The highest BCUT2D eigenvalue weighted by Crippen LogP contribution is 2.50. The summed E-state index contributed by atoms with van der Waals surface area (Å²) in [4.78, 5) is 0. The van der Waals surface area contributed by atoms with Crippen LogP contribution in [0.25, 0.3) is 0 Å². The van der Waals surface area contributed by atoms with Crippen molar-refractivity contribution in [1.29, 1.82) is 0 Å². The molecule has 4 rings (SSSR count). The van der Waals surface area contributed by atoms with Gasteiger partial charge in [0.05, 0.1) is 0 Å². The molecule has 206 valence electrons. The van der Waals surface area contributed by atoms with Crippen molar-refractivity contribution in [1.82, 2.24) is 0 Å². The molecule has 6 atom stereocenters. The number of hydrogen-bond donors (Lipinski definition) is 0. The van der Waals surface area contributed by atoms with E-state index >= 15 is 0 Å². The van der Waals surface area contributed by atoms with Crippen LogP contribution >= 0.6 is 0 Å². The second-order valence-corrected chi connectivity index (χ2v) is 25.4. The summed E-state index contributed by atoms with van der Waals surface area (Å²) in [6, 6.07) is 0. The Kier molecular flexibility index (Phi) is 8.35. The Morgan fingerprint density at radius 3 is 1.33 bits per heavy atom. The van der Waals surface area contributed by atoms with Crippen LogP contribution in [0.3, 0.4) is 0 Å². The highest BCUT2D eigenvalue weighted by Gasteiger charge is 2.44. The molecule has 0 aromatic heterocycles. The summed E-state index contributed by atoms with van der Waals surface area (Å²) >= 11 is 0. The third-order valence-corrected chi connectivity index (χ3v) is 20.5. The molecule has 6 unspecified atom stereocenters. The van der Waals surface area contributed by atoms with Gasteiger partial charge in [-0.3, -0.25) is 0 Å². The van der Waals surface area contributed by atoms with Gasteiger partial charge in [-0.15, -0.1) is 0 Å². The van der Waals surface area contributed by atoms with E-state index in [1.54, 1.807) is 11.1 Å². The maximum Gasteiger partial charge on any atom is 0.192 e. The Balaban J connectivity index is 1.24. The lowest BCUT2D eigenvalue weighted by Gasteiger charge is -2.43. The van der Waals surface area contributed by atoms with Crippen LogP contribution in [0.15, 0.2) is 23.3 Å². The fourth-order valence-corrected chi connectivity index (χ4v) is 9.91. The zero-order chi connectivity index (χ0) is 26.5. The van der Waals surface area contributed by atoms with E-state index in [0.717, 1.165) is 23.7 Å². The minimum atomic E-state index is -1.66. The molecule has 2 fully saturated rings. The first-order valence-corrected chi connectivity index (χ1v) is 21.1. The molecule has 0 heterocycles. The molecule has 4 heteroatoms. The Hall–Kier alpha value is -0.166. The quantitative estimate of drug-likeness (QED) is 0.241. The summed E-state index contributed by atoms with van der Waals surface area (Å²) in [5.74, 6) is 3.38. The normalized spacial score (nSPS) is 33.7. The van der Waals surface area contributed by atoms with E-state index in [1.807, 2.05) is 0 Å². The van der Waals surface area contributed by atoms with E-state index in [4.69, 9.17) is 8.85 Å². The van der Waals surface area contributed by atoms with Gasteiger partial charge < -0.3 is 8.85 Å². The molecular formula is C32H58O2Si2. The largest absolute Gasteiger partial charge is 0.414 e. The Morgan fingerprint density at radius 2 is 1.00 bits per heavy atom. The van der Waals surface area contributed by atoms with Crippen molar-refractivity contribution in [3.63, 3.8) is 0 Å². The molecule has 4 aliphatic rings. The standard InChI is InChI=1S/C32H58O2Si2/c1-31(2,3)35(7,8)33-27-17-19-29-23(13-15-25(29)21-27)11-12-24-14-16-26-22-28(18-20-30(24)26)34-36(9,10)32(4,5)6/h13-14,25-30H,11-12,15-22H2,1-10H3. The van der Waals surface area contributed by atoms with Gasteiger partial charge >= 0.3 is 0 Å². The van der Waals surface area contributed by atoms with E-state index in [9.17, 15) is 0 Å². The van der Waals surface area contributed by atoms with E-state index in [2.05, 4.69) is 79.9 Å². The summed E-state index contributed by atoms with van der Waals surface area (Å²) in [5, 5.41) is 0.623. The Bertz CT molecular complexity index is 771. The Labute approximate surface area is 226 Å². The smallest absolute Gasteiger partial charge is 0.192 e. The van der Waals surface area contributed by atoms with Crippen LogP contribution in [0.4, 0.5) is 0 Å². The fourth-order valence-electron chi connectivity index (χ4n) is 7.11. The average Bonchev–Trinajstić information content (AvgIpc) is 3.33. The Morgan fingerprint density at radius 1 is 0.639 bits per heavy atom. The van der Waals surface area contributed by atoms with Gasteiger partial charge in [-0.1, -0.05) is 64.8 Å². The van der Waals surface area contributed by atoms with E-state index < -0.39 is 16.6 Å². The lowest BCUT2D eigenvalue weighted by Crippen LogP contribution is -2.45. The molecule has 0 radical (unpaired) electrons. The summed E-state index contributed by atoms with van der Waals surface area (Å²) in [6.07, 6.45) is 19.3. The molecule has 0 spiro atoms. The molecule has 0 aromatic rings. The summed E-state index contributed by atoms with van der Waals surface area (Å²) in [7, 11) is -3.32. The maximum atomic E-state index is 6.84. The molecule has 0 aliphatic heterocycles. The minimum absolute atomic E-state index is 0.311. The number of rotatable bonds is 7. The predicted molar refractivity (Wildman–Crippen MR) is 160 cm³/mol. The van der Waals surface area contributed by atoms with Gasteiger partial charge in [0.15, 0.2) is 16.6 Å². The lowest BCUT2D eigenvalue weighted by molar-refractivity contribution is 0.0906. The zero-order valence-electron chi connectivity index (χ0n) is 25.5. The first kappa shape index (κ1) is 28.8. The topological polar surface area (TPSA) is 18.5 Å². The van der Waals surface area contributed by atoms with Gasteiger partial charge in [-0.05, 0) is 124 Å². The van der Waals surface area contributed by atoms with Gasteiger partial charge in [0.2, 0.25) is 0 Å². The summed E-state index contributed by atoms with van der Waals surface area (Å²) < 4.78 is 13.7. The fraction of sp³-hybridized carbons (Fsp3) is 0.875. The molecule has 0 amide bonds. The highest BCUT2D eigenvalue weighted by molar-refractivity contribution is 6.74. The highest BCUT2D eigenvalue weighted by atomic mass is 28.4. The number of fused-ring (bicyclic) bond motifs is 2. The van der Waals surface area contributed by atoms with Crippen molar-refractivity contribution >= 4 is 16.6 Å². The van der Waals surface area contributed by atoms with Gasteiger partial charge in [0.25, 0.3) is 0 Å². The van der Waals surface area contributed by atoms with Crippen molar-refractivity contribution in [2.75, 3.05) is 0 Å².